The molecule has 0 unspecified atom stereocenters. The van der Waals surface area contributed by atoms with E-state index in [2.05, 4.69) is 9.97 Å². The van der Waals surface area contributed by atoms with Gasteiger partial charge in [0, 0.05) is 17.7 Å². The standard InChI is InChI=1S/C14H13FN2O3/c1-3-20-13(18)7-4-9-10(15)8-16-11-5-6-12(19-2)17-14(9)11/h4-8H,3H2,1-2H3. The number of carbonyl (C=O) groups is 1. The number of hydrogen-bond donors (Lipinski definition) is 0. The van der Waals surface area contributed by atoms with Gasteiger partial charge in [-0.25, -0.2) is 14.2 Å². The summed E-state index contributed by atoms with van der Waals surface area (Å²) in [4.78, 5) is 19.4. The van der Waals surface area contributed by atoms with Gasteiger partial charge in [-0.15, -0.1) is 0 Å². The minimum atomic E-state index is -0.571. The van der Waals surface area contributed by atoms with Crippen molar-refractivity contribution >= 4 is 23.1 Å². The van der Waals surface area contributed by atoms with Gasteiger partial charge in [0.15, 0.2) is 5.82 Å². The van der Waals surface area contributed by atoms with Crippen molar-refractivity contribution in [1.29, 1.82) is 0 Å². The number of aromatic nitrogens is 2. The molecule has 2 aromatic rings. The van der Waals surface area contributed by atoms with Gasteiger partial charge in [-0.3, -0.25) is 4.98 Å². The molecule has 0 atom stereocenters. The van der Waals surface area contributed by atoms with Crippen LogP contribution in [0.4, 0.5) is 4.39 Å². The van der Waals surface area contributed by atoms with Crippen LogP contribution in [-0.4, -0.2) is 29.7 Å². The molecule has 0 saturated heterocycles. The minimum Gasteiger partial charge on any atom is -0.481 e. The number of ether oxygens (including phenoxy) is 2. The van der Waals surface area contributed by atoms with E-state index in [1.807, 2.05) is 0 Å². The highest BCUT2D eigenvalue weighted by Crippen LogP contribution is 2.21. The number of esters is 1. The van der Waals surface area contributed by atoms with Crippen molar-refractivity contribution in [3.63, 3.8) is 0 Å². The molecular formula is C14H13FN2O3. The predicted molar refractivity (Wildman–Crippen MR) is 71.7 cm³/mol. The number of carbonyl (C=O) groups excluding carboxylic acids is 1. The zero-order chi connectivity index (χ0) is 14.5. The van der Waals surface area contributed by atoms with Crippen molar-refractivity contribution in [2.24, 2.45) is 0 Å². The highest BCUT2D eigenvalue weighted by molar-refractivity contribution is 5.91. The molecule has 0 radical (unpaired) electrons. The summed E-state index contributed by atoms with van der Waals surface area (Å²) in [5.41, 5.74) is 1.00. The van der Waals surface area contributed by atoms with Gasteiger partial charge in [0.1, 0.15) is 5.52 Å². The van der Waals surface area contributed by atoms with E-state index < -0.39 is 11.8 Å². The normalized spacial score (nSPS) is 10.9. The van der Waals surface area contributed by atoms with E-state index in [9.17, 15) is 9.18 Å². The molecule has 104 valence electrons. The lowest BCUT2D eigenvalue weighted by molar-refractivity contribution is -0.137. The topological polar surface area (TPSA) is 61.3 Å². The second-order valence-electron chi connectivity index (χ2n) is 3.83. The predicted octanol–water partition coefficient (Wildman–Crippen LogP) is 2.35. The van der Waals surface area contributed by atoms with Crippen molar-refractivity contribution in [2.45, 2.75) is 6.92 Å². The zero-order valence-corrected chi connectivity index (χ0v) is 11.1. The fourth-order valence-electron chi connectivity index (χ4n) is 1.66. The highest BCUT2D eigenvalue weighted by Gasteiger charge is 2.09. The van der Waals surface area contributed by atoms with Crippen LogP contribution < -0.4 is 4.74 Å². The monoisotopic (exact) mass is 276 g/mol. The number of nitrogens with zero attached hydrogens (tertiary/aromatic N) is 2. The van der Waals surface area contributed by atoms with Gasteiger partial charge in [0.25, 0.3) is 0 Å². The molecule has 0 bridgehead atoms. The maximum Gasteiger partial charge on any atom is 0.330 e. The van der Waals surface area contributed by atoms with Gasteiger partial charge >= 0.3 is 5.97 Å². The fraction of sp³-hybridized carbons (Fsp3) is 0.214. The Balaban J connectivity index is 2.49. The summed E-state index contributed by atoms with van der Waals surface area (Å²) in [6, 6.07) is 3.30. The largest absolute Gasteiger partial charge is 0.481 e. The summed E-state index contributed by atoms with van der Waals surface area (Å²) in [6.07, 6.45) is 3.56. The van der Waals surface area contributed by atoms with E-state index in [1.54, 1.807) is 19.1 Å². The molecule has 0 aromatic carbocycles. The zero-order valence-electron chi connectivity index (χ0n) is 11.1. The second-order valence-corrected chi connectivity index (χ2v) is 3.83. The first kappa shape index (κ1) is 13.9. The number of pyridine rings is 2. The van der Waals surface area contributed by atoms with Crippen molar-refractivity contribution in [3.8, 4) is 5.88 Å². The van der Waals surface area contributed by atoms with Gasteiger partial charge < -0.3 is 9.47 Å². The SMILES string of the molecule is CCOC(=O)C=Cc1c(F)cnc2ccc(OC)nc12. The van der Waals surface area contributed by atoms with Crippen molar-refractivity contribution in [2.75, 3.05) is 13.7 Å². The average Bonchev–Trinajstić information content (AvgIpc) is 2.46. The van der Waals surface area contributed by atoms with Crippen LogP contribution in [0.15, 0.2) is 24.4 Å². The number of halogens is 1. The highest BCUT2D eigenvalue weighted by atomic mass is 19.1. The quantitative estimate of drug-likeness (QED) is 0.633. The molecule has 6 heteroatoms. The summed E-state index contributed by atoms with van der Waals surface area (Å²) in [6.45, 7) is 1.95. The summed E-state index contributed by atoms with van der Waals surface area (Å²) in [7, 11) is 1.47. The summed E-state index contributed by atoms with van der Waals surface area (Å²) < 4.78 is 23.6. The van der Waals surface area contributed by atoms with Crippen LogP contribution in [0.1, 0.15) is 12.5 Å². The average molecular weight is 276 g/mol. The molecule has 0 fully saturated rings. The third-order valence-corrected chi connectivity index (χ3v) is 2.56. The first-order valence-electron chi connectivity index (χ1n) is 5.99. The lowest BCUT2D eigenvalue weighted by Gasteiger charge is -2.05. The van der Waals surface area contributed by atoms with E-state index >= 15 is 0 Å². The molecule has 2 aromatic heterocycles. The Morgan fingerprint density at radius 2 is 2.25 bits per heavy atom. The lowest BCUT2D eigenvalue weighted by atomic mass is 10.1. The smallest absolute Gasteiger partial charge is 0.330 e. The van der Waals surface area contributed by atoms with Crippen molar-refractivity contribution in [3.05, 3.63) is 35.8 Å². The Morgan fingerprint density at radius 3 is 2.95 bits per heavy atom. The van der Waals surface area contributed by atoms with E-state index in [4.69, 9.17) is 9.47 Å². The van der Waals surface area contributed by atoms with Crippen molar-refractivity contribution in [1.82, 2.24) is 9.97 Å². The Morgan fingerprint density at radius 1 is 1.45 bits per heavy atom. The molecule has 0 aliphatic heterocycles. The van der Waals surface area contributed by atoms with Crippen LogP contribution in [0.3, 0.4) is 0 Å². The third-order valence-electron chi connectivity index (χ3n) is 2.56. The maximum absolute atomic E-state index is 13.8. The molecular weight excluding hydrogens is 263 g/mol. The third kappa shape index (κ3) is 2.90. The van der Waals surface area contributed by atoms with Gasteiger partial charge in [-0.1, -0.05) is 0 Å². The van der Waals surface area contributed by atoms with Crippen LogP contribution in [0.25, 0.3) is 17.1 Å². The van der Waals surface area contributed by atoms with Crippen molar-refractivity contribution < 1.29 is 18.7 Å². The molecule has 0 aliphatic rings. The lowest BCUT2D eigenvalue weighted by Crippen LogP contribution is -1.99. The number of fused-ring (bicyclic) bond motifs is 1. The maximum atomic E-state index is 13.8. The van der Waals surface area contributed by atoms with Crippen LogP contribution in [-0.2, 0) is 9.53 Å². The van der Waals surface area contributed by atoms with E-state index in [0.717, 1.165) is 12.3 Å². The van der Waals surface area contributed by atoms with Gasteiger partial charge in [-0.2, -0.15) is 0 Å². The summed E-state index contributed by atoms with van der Waals surface area (Å²) in [5.74, 6) is -0.769. The molecule has 0 saturated carbocycles. The van der Waals surface area contributed by atoms with E-state index in [-0.39, 0.29) is 12.2 Å². The summed E-state index contributed by atoms with van der Waals surface area (Å²) in [5, 5.41) is 0. The Labute approximate surface area is 115 Å². The number of hydrogen-bond acceptors (Lipinski definition) is 5. The van der Waals surface area contributed by atoms with Crippen LogP contribution in [0.2, 0.25) is 0 Å². The summed E-state index contributed by atoms with van der Waals surface area (Å²) >= 11 is 0. The molecule has 20 heavy (non-hydrogen) atoms. The molecule has 0 amide bonds. The van der Waals surface area contributed by atoms with Crippen LogP contribution in [0, 0.1) is 5.82 Å². The van der Waals surface area contributed by atoms with Gasteiger partial charge in [0.2, 0.25) is 5.88 Å². The molecule has 2 heterocycles. The Bertz CT molecular complexity index is 671. The van der Waals surface area contributed by atoms with Crippen LogP contribution >= 0.6 is 0 Å². The minimum absolute atomic E-state index is 0.168. The van der Waals surface area contributed by atoms with Gasteiger partial charge in [-0.05, 0) is 19.1 Å². The van der Waals surface area contributed by atoms with E-state index in [1.165, 1.54) is 13.2 Å². The van der Waals surface area contributed by atoms with Crippen LogP contribution in [0.5, 0.6) is 5.88 Å². The Hall–Kier alpha value is -2.50. The fourth-order valence-corrected chi connectivity index (χ4v) is 1.66. The molecule has 0 aliphatic carbocycles. The molecule has 0 N–H and O–H groups in total. The Kier molecular flexibility index (Phi) is 4.24. The second kappa shape index (κ2) is 6.10. The van der Waals surface area contributed by atoms with E-state index in [0.29, 0.717) is 16.9 Å². The number of rotatable bonds is 4. The van der Waals surface area contributed by atoms with Gasteiger partial charge in [0.05, 0.1) is 25.4 Å². The molecule has 2 rings (SSSR count). The first-order chi connectivity index (χ1) is 9.65. The molecule has 5 nitrogen and oxygen atoms in total. The molecule has 0 spiro atoms. The number of methoxy groups -OCH3 is 1. The first-order valence-corrected chi connectivity index (χ1v) is 5.99.